The van der Waals surface area contributed by atoms with Crippen molar-refractivity contribution in [1.82, 2.24) is 4.90 Å². The molecular weight excluding hydrogens is 369 g/mol. The summed E-state index contributed by atoms with van der Waals surface area (Å²) in [5.41, 5.74) is -0.293. The van der Waals surface area contributed by atoms with Gasteiger partial charge in [-0.1, -0.05) is 25.4 Å². The van der Waals surface area contributed by atoms with Gasteiger partial charge in [-0.15, -0.1) is 0 Å². The van der Waals surface area contributed by atoms with Crippen LogP contribution >= 0.6 is 11.6 Å². The number of aliphatic hydroxyl groups is 1. The molecule has 1 fully saturated rings. The van der Waals surface area contributed by atoms with Crippen molar-refractivity contribution in [3.05, 3.63) is 28.8 Å². The Bertz CT molecular complexity index is 576. The Balaban J connectivity index is 1.85. The Morgan fingerprint density at radius 2 is 1.81 bits per heavy atom. The number of benzene rings is 1. The number of hydrogen-bond donors (Lipinski definition) is 1. The third-order valence-corrected chi connectivity index (χ3v) is 4.55. The van der Waals surface area contributed by atoms with Crippen LogP contribution in [0.5, 0.6) is 0 Å². The summed E-state index contributed by atoms with van der Waals surface area (Å²) in [6.45, 7) is 8.04. The van der Waals surface area contributed by atoms with Crippen LogP contribution in [-0.4, -0.2) is 62.0 Å². The van der Waals surface area contributed by atoms with Crippen LogP contribution in [0.1, 0.15) is 19.4 Å². The lowest BCUT2D eigenvalue weighted by Gasteiger charge is -2.37. The van der Waals surface area contributed by atoms with Crippen LogP contribution in [0.25, 0.3) is 0 Å². The molecule has 1 atom stereocenters. The molecule has 8 heteroatoms. The lowest BCUT2D eigenvalue weighted by atomic mass is 10.1. The normalized spacial score (nSPS) is 17.8. The Morgan fingerprint density at radius 3 is 2.38 bits per heavy atom. The largest absolute Gasteiger partial charge is 0.417 e. The second-order valence-electron chi connectivity index (χ2n) is 7.03. The molecule has 0 aromatic heterocycles. The SMILES string of the molecule is CC(C)COCC(O)CN1CCN(c2ccc(Cl)c(C(F)(F)F)c2)CC1. The van der Waals surface area contributed by atoms with E-state index in [1.807, 2.05) is 18.7 Å². The summed E-state index contributed by atoms with van der Waals surface area (Å²) < 4.78 is 44.4. The van der Waals surface area contributed by atoms with Crippen molar-refractivity contribution >= 4 is 17.3 Å². The molecule has 0 spiro atoms. The van der Waals surface area contributed by atoms with Gasteiger partial charge in [-0.05, 0) is 24.1 Å². The molecule has 1 heterocycles. The van der Waals surface area contributed by atoms with Gasteiger partial charge >= 0.3 is 6.18 Å². The molecule has 1 unspecified atom stereocenters. The third-order valence-electron chi connectivity index (χ3n) is 4.22. The van der Waals surface area contributed by atoms with E-state index in [1.165, 1.54) is 6.07 Å². The summed E-state index contributed by atoms with van der Waals surface area (Å²) in [5.74, 6) is 0.423. The van der Waals surface area contributed by atoms with Gasteiger partial charge in [-0.25, -0.2) is 0 Å². The van der Waals surface area contributed by atoms with Gasteiger partial charge in [-0.2, -0.15) is 13.2 Å². The van der Waals surface area contributed by atoms with Gasteiger partial charge < -0.3 is 14.7 Å². The monoisotopic (exact) mass is 394 g/mol. The maximum Gasteiger partial charge on any atom is 0.417 e. The highest BCUT2D eigenvalue weighted by molar-refractivity contribution is 6.31. The lowest BCUT2D eigenvalue weighted by molar-refractivity contribution is -0.137. The van der Waals surface area contributed by atoms with E-state index in [0.29, 0.717) is 57.5 Å². The topological polar surface area (TPSA) is 35.9 Å². The van der Waals surface area contributed by atoms with Crippen LogP contribution in [0.2, 0.25) is 5.02 Å². The average Bonchev–Trinajstić information content (AvgIpc) is 2.54. The molecule has 1 saturated heterocycles. The Morgan fingerprint density at radius 1 is 1.15 bits per heavy atom. The van der Waals surface area contributed by atoms with Crippen LogP contribution in [0, 0.1) is 5.92 Å². The Labute approximate surface area is 157 Å². The number of alkyl halides is 3. The van der Waals surface area contributed by atoms with E-state index in [4.69, 9.17) is 16.3 Å². The lowest BCUT2D eigenvalue weighted by Crippen LogP contribution is -2.49. The fraction of sp³-hybridized carbons (Fsp3) is 0.667. The van der Waals surface area contributed by atoms with Crippen LogP contribution in [-0.2, 0) is 10.9 Å². The van der Waals surface area contributed by atoms with Crippen molar-refractivity contribution in [3.8, 4) is 0 Å². The molecule has 0 aliphatic carbocycles. The fourth-order valence-electron chi connectivity index (χ4n) is 2.91. The van der Waals surface area contributed by atoms with E-state index in [2.05, 4.69) is 4.90 Å². The molecule has 148 valence electrons. The van der Waals surface area contributed by atoms with Crippen molar-refractivity contribution in [3.63, 3.8) is 0 Å². The number of rotatable bonds is 7. The minimum absolute atomic E-state index is 0.288. The molecule has 0 saturated carbocycles. The minimum Gasteiger partial charge on any atom is -0.389 e. The number of ether oxygens (including phenoxy) is 1. The number of aliphatic hydroxyl groups excluding tert-OH is 1. The molecule has 0 bridgehead atoms. The van der Waals surface area contributed by atoms with Gasteiger partial charge in [0.2, 0.25) is 0 Å². The van der Waals surface area contributed by atoms with E-state index in [9.17, 15) is 18.3 Å². The predicted molar refractivity (Wildman–Crippen MR) is 96.8 cm³/mol. The first-order valence-corrected chi connectivity index (χ1v) is 9.14. The molecule has 2 rings (SSSR count). The predicted octanol–water partition coefficient (Wildman–Crippen LogP) is 3.51. The van der Waals surface area contributed by atoms with Gasteiger partial charge in [0.05, 0.1) is 23.3 Å². The van der Waals surface area contributed by atoms with Crippen LogP contribution in [0.3, 0.4) is 0 Å². The molecule has 1 aromatic rings. The van der Waals surface area contributed by atoms with Crippen molar-refractivity contribution in [2.75, 3.05) is 50.8 Å². The summed E-state index contributed by atoms with van der Waals surface area (Å²) in [6, 6.07) is 4.01. The molecule has 0 radical (unpaired) electrons. The molecule has 1 aliphatic heterocycles. The summed E-state index contributed by atoms with van der Waals surface area (Å²) in [4.78, 5) is 4.00. The van der Waals surface area contributed by atoms with Gasteiger partial charge in [0.15, 0.2) is 0 Å². The van der Waals surface area contributed by atoms with E-state index >= 15 is 0 Å². The van der Waals surface area contributed by atoms with Gasteiger partial charge in [0.25, 0.3) is 0 Å². The number of β-amino-alcohol motifs (C(OH)–C–C–N with tert-alkyl or cyclic N) is 1. The zero-order valence-corrected chi connectivity index (χ0v) is 15.9. The molecule has 0 amide bonds. The molecule has 1 N–H and O–H groups in total. The molecule has 1 aromatic carbocycles. The van der Waals surface area contributed by atoms with Crippen molar-refractivity contribution < 1.29 is 23.0 Å². The Kier molecular flexibility index (Phi) is 7.58. The van der Waals surface area contributed by atoms with Crippen molar-refractivity contribution in [1.29, 1.82) is 0 Å². The Hall–Kier alpha value is -1.02. The first-order chi connectivity index (χ1) is 12.2. The second kappa shape index (κ2) is 9.26. The highest BCUT2D eigenvalue weighted by atomic mass is 35.5. The number of nitrogens with zero attached hydrogens (tertiary/aromatic N) is 2. The van der Waals surface area contributed by atoms with Gasteiger partial charge in [0.1, 0.15) is 0 Å². The van der Waals surface area contributed by atoms with Crippen LogP contribution in [0.15, 0.2) is 18.2 Å². The number of piperazine rings is 1. The zero-order chi connectivity index (χ0) is 19.3. The number of anilines is 1. The maximum atomic E-state index is 13.0. The highest BCUT2D eigenvalue weighted by Crippen LogP contribution is 2.37. The van der Waals surface area contributed by atoms with Crippen LogP contribution in [0.4, 0.5) is 18.9 Å². The van der Waals surface area contributed by atoms with E-state index in [-0.39, 0.29) is 5.02 Å². The minimum atomic E-state index is -4.46. The second-order valence-corrected chi connectivity index (χ2v) is 7.44. The number of halogens is 4. The summed E-state index contributed by atoms with van der Waals surface area (Å²) in [5, 5.41) is 9.75. The molecule has 4 nitrogen and oxygen atoms in total. The number of hydrogen-bond acceptors (Lipinski definition) is 4. The standard InChI is InChI=1S/C18H26ClF3N2O2/c1-13(2)11-26-12-15(25)10-23-5-7-24(8-6-23)14-3-4-17(19)16(9-14)18(20,21)22/h3-4,9,13,15,25H,5-8,10-12H2,1-2H3. The van der Waals surface area contributed by atoms with Crippen molar-refractivity contribution in [2.45, 2.75) is 26.1 Å². The smallest absolute Gasteiger partial charge is 0.389 e. The van der Waals surface area contributed by atoms with Gasteiger partial charge in [0, 0.05) is 45.0 Å². The average molecular weight is 395 g/mol. The fourth-order valence-corrected chi connectivity index (χ4v) is 3.13. The molecule has 1 aliphatic rings. The maximum absolute atomic E-state index is 13.0. The van der Waals surface area contributed by atoms with E-state index in [0.717, 1.165) is 6.07 Å². The van der Waals surface area contributed by atoms with Crippen molar-refractivity contribution in [2.24, 2.45) is 5.92 Å². The quantitative estimate of drug-likeness (QED) is 0.767. The zero-order valence-electron chi connectivity index (χ0n) is 15.1. The van der Waals surface area contributed by atoms with E-state index < -0.39 is 17.8 Å². The first-order valence-electron chi connectivity index (χ1n) is 8.76. The summed E-state index contributed by atoms with van der Waals surface area (Å²) >= 11 is 5.67. The third kappa shape index (κ3) is 6.30. The van der Waals surface area contributed by atoms with E-state index in [1.54, 1.807) is 6.07 Å². The molecular formula is C18H26ClF3N2O2. The summed E-state index contributed by atoms with van der Waals surface area (Å²) in [7, 11) is 0. The van der Waals surface area contributed by atoms with Crippen LogP contribution < -0.4 is 4.90 Å². The highest BCUT2D eigenvalue weighted by Gasteiger charge is 2.34. The first kappa shape index (κ1) is 21.3. The summed E-state index contributed by atoms with van der Waals surface area (Å²) in [6.07, 6.45) is -5.03. The van der Waals surface area contributed by atoms with Gasteiger partial charge in [-0.3, -0.25) is 4.90 Å². The molecule has 26 heavy (non-hydrogen) atoms.